The van der Waals surface area contributed by atoms with Crippen molar-refractivity contribution in [2.45, 2.75) is 20.4 Å². The molecule has 1 amide bonds. The first-order chi connectivity index (χ1) is 13.9. The number of hydrogen-bond acceptors (Lipinski definition) is 3. The molecule has 0 aliphatic rings. The number of carbonyl (C=O) groups excluding carboxylic acids is 1. The highest BCUT2D eigenvalue weighted by molar-refractivity contribution is 5.93. The average Bonchev–Trinajstić information content (AvgIpc) is 2.97. The molecule has 0 saturated carbocycles. The van der Waals surface area contributed by atoms with Gasteiger partial charge in [-0.2, -0.15) is 10.5 Å². The van der Waals surface area contributed by atoms with E-state index < -0.39 is 0 Å². The number of hydrogen-bond donors (Lipinski definition) is 0. The molecular weight excluding hydrogens is 360 g/mol. The predicted molar refractivity (Wildman–Crippen MR) is 112 cm³/mol. The maximum absolute atomic E-state index is 12.1. The van der Waals surface area contributed by atoms with E-state index in [-0.39, 0.29) is 5.91 Å². The molecule has 0 bridgehead atoms. The Labute approximate surface area is 171 Å². The zero-order chi connectivity index (χ0) is 21.1. The summed E-state index contributed by atoms with van der Waals surface area (Å²) in [6.45, 7) is 4.56. The highest BCUT2D eigenvalue weighted by Gasteiger charge is 2.19. The van der Waals surface area contributed by atoms with Gasteiger partial charge in [0.2, 0.25) is 0 Å². The zero-order valence-corrected chi connectivity index (χ0v) is 17.0. The van der Waals surface area contributed by atoms with Crippen molar-refractivity contribution >= 4 is 5.91 Å². The summed E-state index contributed by atoms with van der Waals surface area (Å²) in [5.74, 6) is -0.0280. The molecule has 0 atom stereocenters. The molecule has 0 unspecified atom stereocenters. The zero-order valence-electron chi connectivity index (χ0n) is 17.0. The minimum absolute atomic E-state index is 0.0280. The highest BCUT2D eigenvalue weighted by Crippen LogP contribution is 2.32. The average molecular weight is 382 g/mol. The number of aromatic nitrogens is 1. The third kappa shape index (κ3) is 3.77. The van der Waals surface area contributed by atoms with Crippen LogP contribution in [0, 0.1) is 36.5 Å². The van der Waals surface area contributed by atoms with Crippen LogP contribution in [-0.4, -0.2) is 29.5 Å². The Kier molecular flexibility index (Phi) is 5.52. The van der Waals surface area contributed by atoms with E-state index in [2.05, 4.69) is 16.7 Å². The fourth-order valence-corrected chi connectivity index (χ4v) is 3.52. The molecule has 0 fully saturated rings. The number of amides is 1. The summed E-state index contributed by atoms with van der Waals surface area (Å²) in [7, 11) is 3.47. The lowest BCUT2D eigenvalue weighted by Gasteiger charge is -2.12. The number of benzene rings is 2. The van der Waals surface area contributed by atoms with Crippen LogP contribution >= 0.6 is 0 Å². The maximum Gasteiger partial charge on any atom is 0.253 e. The summed E-state index contributed by atoms with van der Waals surface area (Å²) >= 11 is 0. The fraction of sp³-hybridized carbons (Fsp3) is 0.208. The van der Waals surface area contributed by atoms with E-state index in [0.717, 1.165) is 28.1 Å². The molecule has 1 heterocycles. The molecule has 5 heteroatoms. The summed E-state index contributed by atoms with van der Waals surface area (Å²) < 4.78 is 2.12. The predicted octanol–water partition coefficient (Wildman–Crippen LogP) is 4.27. The van der Waals surface area contributed by atoms with Gasteiger partial charge in [0.05, 0.1) is 17.2 Å². The summed E-state index contributed by atoms with van der Waals surface area (Å²) in [5.41, 5.74) is 6.66. The van der Waals surface area contributed by atoms with Gasteiger partial charge in [-0.05, 0) is 49.2 Å². The van der Waals surface area contributed by atoms with Crippen LogP contribution < -0.4 is 0 Å². The molecule has 2 aromatic carbocycles. The smallest absolute Gasteiger partial charge is 0.253 e. The number of rotatable bonds is 4. The second-order valence-corrected chi connectivity index (χ2v) is 7.20. The molecule has 0 aliphatic carbocycles. The van der Waals surface area contributed by atoms with Crippen molar-refractivity contribution < 1.29 is 4.79 Å². The van der Waals surface area contributed by atoms with Crippen LogP contribution in [0.15, 0.2) is 48.5 Å². The first-order valence-electron chi connectivity index (χ1n) is 9.28. The second kappa shape index (κ2) is 8.04. The van der Waals surface area contributed by atoms with Crippen LogP contribution in [0.4, 0.5) is 0 Å². The van der Waals surface area contributed by atoms with E-state index in [1.54, 1.807) is 31.1 Å². The fourth-order valence-electron chi connectivity index (χ4n) is 3.52. The Hall–Kier alpha value is -3.83. The minimum Gasteiger partial charge on any atom is -0.345 e. The van der Waals surface area contributed by atoms with Crippen LogP contribution in [0.2, 0.25) is 0 Å². The van der Waals surface area contributed by atoms with Gasteiger partial charge in [-0.1, -0.05) is 24.3 Å². The quantitative estimate of drug-likeness (QED) is 0.676. The van der Waals surface area contributed by atoms with Crippen molar-refractivity contribution in [3.05, 3.63) is 82.2 Å². The number of carbonyl (C=O) groups is 1. The van der Waals surface area contributed by atoms with Crippen molar-refractivity contribution in [3.63, 3.8) is 0 Å². The topological polar surface area (TPSA) is 72.8 Å². The Morgan fingerprint density at radius 2 is 1.55 bits per heavy atom. The third-order valence-corrected chi connectivity index (χ3v) is 5.15. The van der Waals surface area contributed by atoms with E-state index >= 15 is 0 Å². The van der Waals surface area contributed by atoms with E-state index in [9.17, 15) is 10.1 Å². The van der Waals surface area contributed by atoms with Crippen molar-refractivity contribution in [3.8, 4) is 23.3 Å². The van der Waals surface area contributed by atoms with E-state index in [4.69, 9.17) is 5.26 Å². The molecular formula is C24H22N4O. The van der Waals surface area contributed by atoms with Crippen molar-refractivity contribution in [1.82, 2.24) is 9.47 Å². The Bertz CT molecular complexity index is 1140. The molecule has 1 aromatic heterocycles. The van der Waals surface area contributed by atoms with Gasteiger partial charge in [-0.15, -0.1) is 0 Å². The van der Waals surface area contributed by atoms with E-state index in [0.29, 0.717) is 23.2 Å². The SMILES string of the molecule is Cc1c(C#N)c(-c2ccc(C#N)cc2)c(C)n1Cc1ccc(C(=O)N(C)C)cc1. The van der Waals surface area contributed by atoms with Gasteiger partial charge >= 0.3 is 0 Å². The first-order valence-corrected chi connectivity index (χ1v) is 9.28. The van der Waals surface area contributed by atoms with Crippen LogP contribution in [0.1, 0.15) is 38.4 Å². The summed E-state index contributed by atoms with van der Waals surface area (Å²) in [6.07, 6.45) is 0. The lowest BCUT2D eigenvalue weighted by atomic mass is 10.0. The molecule has 0 spiro atoms. The standard InChI is InChI=1S/C24H22N4O/c1-16-22(14-26)23(20-9-5-18(13-25)6-10-20)17(2)28(16)15-19-7-11-21(12-8-19)24(29)27(3)4/h5-12H,15H2,1-4H3. The van der Waals surface area contributed by atoms with Crippen LogP contribution in [0.25, 0.3) is 11.1 Å². The molecule has 144 valence electrons. The van der Waals surface area contributed by atoms with Gasteiger partial charge in [-0.3, -0.25) is 4.79 Å². The van der Waals surface area contributed by atoms with E-state index in [1.165, 1.54) is 0 Å². The first kappa shape index (κ1) is 19.9. The molecule has 3 aromatic rings. The van der Waals surface area contributed by atoms with Crippen molar-refractivity contribution in [2.75, 3.05) is 14.1 Å². The van der Waals surface area contributed by atoms with Gasteiger partial charge < -0.3 is 9.47 Å². The number of nitrogens with zero attached hydrogens (tertiary/aromatic N) is 4. The Balaban J connectivity index is 1.99. The molecule has 0 radical (unpaired) electrons. The van der Waals surface area contributed by atoms with Crippen LogP contribution in [0.3, 0.4) is 0 Å². The van der Waals surface area contributed by atoms with Gasteiger partial charge in [0, 0.05) is 43.2 Å². The van der Waals surface area contributed by atoms with Crippen molar-refractivity contribution in [2.24, 2.45) is 0 Å². The Morgan fingerprint density at radius 3 is 2.07 bits per heavy atom. The molecule has 5 nitrogen and oxygen atoms in total. The normalized spacial score (nSPS) is 10.3. The van der Waals surface area contributed by atoms with Crippen LogP contribution in [-0.2, 0) is 6.54 Å². The van der Waals surface area contributed by atoms with Crippen LogP contribution in [0.5, 0.6) is 0 Å². The van der Waals surface area contributed by atoms with Gasteiger partial charge in [0.1, 0.15) is 6.07 Å². The lowest BCUT2D eigenvalue weighted by Crippen LogP contribution is -2.21. The minimum atomic E-state index is -0.0280. The number of nitriles is 2. The molecule has 0 saturated heterocycles. The lowest BCUT2D eigenvalue weighted by molar-refractivity contribution is 0.0827. The second-order valence-electron chi connectivity index (χ2n) is 7.20. The molecule has 29 heavy (non-hydrogen) atoms. The largest absolute Gasteiger partial charge is 0.345 e. The van der Waals surface area contributed by atoms with E-state index in [1.807, 2.05) is 50.2 Å². The molecule has 3 rings (SSSR count). The molecule has 0 N–H and O–H groups in total. The van der Waals surface area contributed by atoms with Crippen molar-refractivity contribution in [1.29, 1.82) is 10.5 Å². The maximum atomic E-state index is 12.1. The summed E-state index contributed by atoms with van der Waals surface area (Å²) in [4.78, 5) is 13.6. The summed E-state index contributed by atoms with van der Waals surface area (Å²) in [6, 6.07) is 19.3. The third-order valence-electron chi connectivity index (χ3n) is 5.15. The highest BCUT2D eigenvalue weighted by atomic mass is 16.2. The van der Waals surface area contributed by atoms with Gasteiger partial charge in [-0.25, -0.2) is 0 Å². The van der Waals surface area contributed by atoms with Gasteiger partial charge in [0.25, 0.3) is 5.91 Å². The van der Waals surface area contributed by atoms with Gasteiger partial charge in [0.15, 0.2) is 0 Å². The monoisotopic (exact) mass is 382 g/mol. The molecule has 0 aliphatic heterocycles. The summed E-state index contributed by atoms with van der Waals surface area (Å²) in [5, 5.41) is 18.8. The Morgan fingerprint density at radius 1 is 0.931 bits per heavy atom.